The first-order valence-electron chi connectivity index (χ1n) is 7.39. The van der Waals surface area contributed by atoms with E-state index in [0.717, 1.165) is 12.1 Å². The van der Waals surface area contributed by atoms with Crippen LogP contribution in [0.2, 0.25) is 0 Å². The van der Waals surface area contributed by atoms with Crippen LogP contribution in [0.25, 0.3) is 0 Å². The zero-order valence-electron chi connectivity index (χ0n) is 12.5. The molecule has 102 valence electrons. The molecule has 2 nitrogen and oxygen atoms in total. The van der Waals surface area contributed by atoms with Gasteiger partial charge in [-0.3, -0.25) is 0 Å². The maximum absolute atomic E-state index is 3.53. The molecule has 2 saturated heterocycles. The van der Waals surface area contributed by atoms with Crippen molar-refractivity contribution in [3.05, 3.63) is 29.8 Å². The van der Waals surface area contributed by atoms with Gasteiger partial charge in [0.25, 0.3) is 0 Å². The number of rotatable bonds is 1. The fourth-order valence-corrected chi connectivity index (χ4v) is 2.61. The summed E-state index contributed by atoms with van der Waals surface area (Å²) in [6.07, 6.45) is 1.33. The minimum Gasteiger partial charge on any atom is -0.366 e. The highest BCUT2D eigenvalue weighted by atomic mass is 15.3. The summed E-state index contributed by atoms with van der Waals surface area (Å²) in [5.74, 6) is 0. The first-order valence-corrected chi connectivity index (χ1v) is 7.39. The Morgan fingerprint density at radius 1 is 1.06 bits per heavy atom. The summed E-state index contributed by atoms with van der Waals surface area (Å²) < 4.78 is 0. The molecule has 1 aromatic carbocycles. The van der Waals surface area contributed by atoms with Crippen LogP contribution in [0.4, 0.5) is 5.69 Å². The molecule has 2 atom stereocenters. The molecule has 1 aromatic rings. The molecule has 0 aromatic heterocycles. The van der Waals surface area contributed by atoms with E-state index in [2.05, 4.69) is 41.4 Å². The van der Waals surface area contributed by atoms with E-state index < -0.39 is 0 Å². The number of benzene rings is 1. The van der Waals surface area contributed by atoms with Gasteiger partial charge in [0.2, 0.25) is 0 Å². The van der Waals surface area contributed by atoms with Crippen LogP contribution in [0.5, 0.6) is 0 Å². The number of nitrogens with one attached hydrogen (secondary N) is 1. The van der Waals surface area contributed by atoms with E-state index in [1.807, 2.05) is 27.7 Å². The Morgan fingerprint density at radius 3 is 2.11 bits per heavy atom. The lowest BCUT2D eigenvalue weighted by Gasteiger charge is -2.29. The minimum absolute atomic E-state index is 0.737. The first kappa shape index (κ1) is 15.0. The van der Waals surface area contributed by atoms with Crippen LogP contribution < -0.4 is 10.2 Å². The molecular weight excluding hydrogens is 220 g/mol. The smallest absolute Gasteiger partial charge is 0.0430 e. The molecule has 0 radical (unpaired) electrons. The van der Waals surface area contributed by atoms with Crippen LogP contribution in [0, 0.1) is 6.92 Å². The van der Waals surface area contributed by atoms with Crippen molar-refractivity contribution in [1.29, 1.82) is 0 Å². The lowest BCUT2D eigenvalue weighted by atomic mass is 10.2. The molecule has 2 aliphatic heterocycles. The van der Waals surface area contributed by atoms with E-state index in [0.29, 0.717) is 0 Å². The second-order valence-corrected chi connectivity index (χ2v) is 4.48. The van der Waals surface area contributed by atoms with Gasteiger partial charge in [0.15, 0.2) is 0 Å². The van der Waals surface area contributed by atoms with Gasteiger partial charge in [0, 0.05) is 30.9 Å². The van der Waals surface area contributed by atoms with Crippen molar-refractivity contribution in [2.45, 2.75) is 53.1 Å². The summed E-state index contributed by atoms with van der Waals surface area (Å²) in [5, 5.41) is 3.53. The molecule has 2 heteroatoms. The van der Waals surface area contributed by atoms with Crippen molar-refractivity contribution in [3.8, 4) is 0 Å². The molecule has 2 fully saturated rings. The Balaban J connectivity index is 0.000000371. The lowest BCUT2D eigenvalue weighted by Crippen LogP contribution is -2.43. The molecular formula is C16H28N2. The average molecular weight is 248 g/mol. The van der Waals surface area contributed by atoms with E-state index in [-0.39, 0.29) is 0 Å². The van der Waals surface area contributed by atoms with Crippen LogP contribution in [0.3, 0.4) is 0 Å². The predicted octanol–water partition coefficient (Wildman–Crippen LogP) is 3.60. The molecule has 18 heavy (non-hydrogen) atoms. The summed E-state index contributed by atoms with van der Waals surface area (Å²) >= 11 is 0. The zero-order valence-corrected chi connectivity index (χ0v) is 12.5. The van der Waals surface area contributed by atoms with Crippen LogP contribution in [-0.2, 0) is 0 Å². The molecule has 1 N–H and O–H groups in total. The quantitative estimate of drug-likeness (QED) is 0.817. The molecule has 0 amide bonds. The lowest BCUT2D eigenvalue weighted by molar-refractivity contribution is 0.580. The van der Waals surface area contributed by atoms with E-state index >= 15 is 0 Å². The standard InChI is InChI=1S/C12H16N2.2C2H6/c1-9-2-4-11(5-3-9)14-8-10-6-12(14)7-13-10;2*1-2/h2-5,10,12-13H,6-8H2,1H3;2*1-2H3/t10-,12-;;/m0../s1. The molecule has 0 spiro atoms. The zero-order chi connectivity index (χ0) is 13.5. The molecule has 2 bridgehead atoms. The number of aryl methyl sites for hydroxylation is 1. The highest BCUT2D eigenvalue weighted by Gasteiger charge is 2.37. The van der Waals surface area contributed by atoms with Crippen LogP contribution in [0.15, 0.2) is 24.3 Å². The van der Waals surface area contributed by atoms with Crippen molar-refractivity contribution in [1.82, 2.24) is 5.32 Å². The Morgan fingerprint density at radius 2 is 1.67 bits per heavy atom. The summed E-state index contributed by atoms with van der Waals surface area (Å²) in [5.41, 5.74) is 2.74. The van der Waals surface area contributed by atoms with Gasteiger partial charge < -0.3 is 10.2 Å². The second kappa shape index (κ2) is 7.42. The third kappa shape index (κ3) is 3.26. The number of fused-ring (bicyclic) bond motifs is 2. The monoisotopic (exact) mass is 248 g/mol. The molecule has 0 saturated carbocycles. The topological polar surface area (TPSA) is 15.3 Å². The van der Waals surface area contributed by atoms with Crippen molar-refractivity contribution < 1.29 is 0 Å². The third-order valence-corrected chi connectivity index (χ3v) is 3.42. The van der Waals surface area contributed by atoms with E-state index in [9.17, 15) is 0 Å². The van der Waals surface area contributed by atoms with Gasteiger partial charge in [-0.05, 0) is 25.5 Å². The van der Waals surface area contributed by atoms with E-state index in [1.54, 1.807) is 0 Å². The Hall–Kier alpha value is -1.02. The maximum atomic E-state index is 3.53. The largest absolute Gasteiger partial charge is 0.366 e. The molecule has 3 rings (SSSR count). The average Bonchev–Trinajstić information content (AvgIpc) is 3.07. The molecule has 0 aliphatic carbocycles. The number of piperazine rings is 1. The van der Waals surface area contributed by atoms with Gasteiger partial charge in [0.05, 0.1) is 0 Å². The van der Waals surface area contributed by atoms with Gasteiger partial charge in [0.1, 0.15) is 0 Å². The van der Waals surface area contributed by atoms with Crippen molar-refractivity contribution in [2.24, 2.45) is 0 Å². The summed E-state index contributed by atoms with van der Waals surface area (Å²) in [6, 6.07) is 10.4. The Labute approximate surface area is 112 Å². The highest BCUT2D eigenvalue weighted by Crippen LogP contribution is 2.29. The number of anilines is 1. The third-order valence-electron chi connectivity index (χ3n) is 3.42. The predicted molar refractivity (Wildman–Crippen MR) is 81.4 cm³/mol. The molecule has 0 unspecified atom stereocenters. The van der Waals surface area contributed by atoms with Crippen LogP contribution in [-0.4, -0.2) is 25.2 Å². The fraction of sp³-hybridized carbons (Fsp3) is 0.625. The fourth-order valence-electron chi connectivity index (χ4n) is 2.61. The van der Waals surface area contributed by atoms with Gasteiger partial charge in [-0.2, -0.15) is 0 Å². The highest BCUT2D eigenvalue weighted by molar-refractivity contribution is 5.50. The SMILES string of the molecule is CC.CC.Cc1ccc(N2C[C@@H]3C[C@H]2CN3)cc1. The van der Waals surface area contributed by atoms with E-state index in [1.165, 1.54) is 30.8 Å². The number of hydrogen-bond acceptors (Lipinski definition) is 2. The van der Waals surface area contributed by atoms with Gasteiger partial charge in [-0.25, -0.2) is 0 Å². The Bertz CT molecular complexity index is 331. The molecule has 2 aliphatic rings. The normalized spacial score (nSPS) is 23.9. The van der Waals surface area contributed by atoms with Crippen LogP contribution in [0.1, 0.15) is 39.7 Å². The summed E-state index contributed by atoms with van der Waals surface area (Å²) in [4.78, 5) is 2.54. The first-order chi connectivity index (χ1) is 8.83. The minimum atomic E-state index is 0.737. The number of hydrogen-bond donors (Lipinski definition) is 1. The number of nitrogens with zero attached hydrogens (tertiary/aromatic N) is 1. The van der Waals surface area contributed by atoms with Crippen molar-refractivity contribution in [3.63, 3.8) is 0 Å². The van der Waals surface area contributed by atoms with Gasteiger partial charge >= 0.3 is 0 Å². The van der Waals surface area contributed by atoms with Crippen molar-refractivity contribution in [2.75, 3.05) is 18.0 Å². The maximum Gasteiger partial charge on any atom is 0.0430 e. The second-order valence-electron chi connectivity index (χ2n) is 4.48. The van der Waals surface area contributed by atoms with E-state index in [4.69, 9.17) is 0 Å². The summed E-state index contributed by atoms with van der Waals surface area (Å²) in [6.45, 7) is 12.5. The summed E-state index contributed by atoms with van der Waals surface area (Å²) in [7, 11) is 0. The van der Waals surface area contributed by atoms with Crippen LogP contribution >= 0.6 is 0 Å². The van der Waals surface area contributed by atoms with Crippen molar-refractivity contribution >= 4 is 5.69 Å². The Kier molecular flexibility index (Phi) is 6.20. The molecule has 2 heterocycles. The van der Waals surface area contributed by atoms with Gasteiger partial charge in [-0.15, -0.1) is 0 Å². The van der Waals surface area contributed by atoms with Gasteiger partial charge in [-0.1, -0.05) is 45.4 Å².